The fourth-order valence-electron chi connectivity index (χ4n) is 4.11. The summed E-state index contributed by atoms with van der Waals surface area (Å²) in [5.74, 6) is 1.31. The van der Waals surface area contributed by atoms with Crippen LogP contribution in [-0.4, -0.2) is 61.5 Å². The van der Waals surface area contributed by atoms with E-state index in [4.69, 9.17) is 21.1 Å². The van der Waals surface area contributed by atoms with E-state index in [0.29, 0.717) is 36.2 Å². The number of carbonyl (C=O) groups excluding carboxylic acids is 2. The highest BCUT2D eigenvalue weighted by molar-refractivity contribution is 6.32. The third-order valence-corrected chi connectivity index (χ3v) is 6.06. The second kappa shape index (κ2) is 10.7. The Hall–Kier alpha value is -2.21. The van der Waals surface area contributed by atoms with Gasteiger partial charge in [0.2, 0.25) is 11.8 Å². The molecule has 0 N–H and O–H groups in total. The average molecular weight is 435 g/mol. The number of rotatable bonds is 6. The van der Waals surface area contributed by atoms with E-state index < -0.39 is 0 Å². The zero-order chi connectivity index (χ0) is 21.5. The smallest absolute Gasteiger partial charge is 0.246 e. The molecule has 0 bridgehead atoms. The van der Waals surface area contributed by atoms with Crippen molar-refractivity contribution in [3.63, 3.8) is 0 Å². The number of piperidine rings is 2. The van der Waals surface area contributed by atoms with Crippen molar-refractivity contribution < 1.29 is 19.1 Å². The minimum atomic E-state index is -0.0529. The van der Waals surface area contributed by atoms with E-state index in [2.05, 4.69) is 0 Å². The molecule has 7 heteroatoms. The molecule has 30 heavy (non-hydrogen) atoms. The summed E-state index contributed by atoms with van der Waals surface area (Å²) in [7, 11) is 1.56. The normalized spacial score (nSPS) is 18.0. The SMILES string of the molecule is CCOc1c(Cl)cc(C=CC(=O)N2CCC(C(=O)N3CCCCC3)CC2)cc1OC. The number of benzene rings is 1. The number of hydrogen-bond acceptors (Lipinski definition) is 4. The summed E-state index contributed by atoms with van der Waals surface area (Å²) >= 11 is 6.30. The summed E-state index contributed by atoms with van der Waals surface area (Å²) in [5, 5.41) is 0.445. The first-order chi connectivity index (χ1) is 14.5. The first-order valence-electron chi connectivity index (χ1n) is 10.8. The van der Waals surface area contributed by atoms with Crippen molar-refractivity contribution in [1.82, 2.24) is 9.80 Å². The first kappa shape index (κ1) is 22.5. The summed E-state index contributed by atoms with van der Waals surface area (Å²) in [6, 6.07) is 3.55. The van der Waals surface area contributed by atoms with Gasteiger partial charge in [-0.15, -0.1) is 0 Å². The standard InChI is InChI=1S/C23H31ClN2O4/c1-3-30-22-19(24)15-17(16-20(22)29-2)7-8-21(27)25-13-9-18(10-14-25)23(28)26-11-5-4-6-12-26/h7-8,15-16,18H,3-6,9-14H2,1-2H3. The summed E-state index contributed by atoms with van der Waals surface area (Å²) in [5.41, 5.74) is 0.767. The molecule has 0 atom stereocenters. The van der Waals surface area contributed by atoms with Gasteiger partial charge in [-0.2, -0.15) is 0 Å². The monoisotopic (exact) mass is 434 g/mol. The van der Waals surface area contributed by atoms with Crippen LogP contribution in [0.5, 0.6) is 11.5 Å². The van der Waals surface area contributed by atoms with E-state index >= 15 is 0 Å². The summed E-state index contributed by atoms with van der Waals surface area (Å²) in [6.07, 6.45) is 8.18. The van der Waals surface area contributed by atoms with Gasteiger partial charge >= 0.3 is 0 Å². The summed E-state index contributed by atoms with van der Waals surface area (Å²) in [6.45, 7) is 5.36. The molecule has 1 aromatic carbocycles. The molecule has 2 saturated heterocycles. The molecule has 0 spiro atoms. The Morgan fingerprint density at radius 2 is 1.80 bits per heavy atom. The molecule has 2 aliphatic heterocycles. The maximum atomic E-state index is 12.7. The molecule has 0 aliphatic carbocycles. The van der Waals surface area contributed by atoms with E-state index in [9.17, 15) is 9.59 Å². The number of nitrogens with zero attached hydrogens (tertiary/aromatic N) is 2. The lowest BCUT2D eigenvalue weighted by molar-refractivity contribution is -0.140. The third kappa shape index (κ3) is 5.48. The molecule has 2 aliphatic rings. The molecule has 164 valence electrons. The van der Waals surface area contributed by atoms with E-state index in [-0.39, 0.29) is 17.7 Å². The topological polar surface area (TPSA) is 59.1 Å². The fraction of sp³-hybridized carbons (Fsp3) is 0.565. The zero-order valence-electron chi connectivity index (χ0n) is 17.9. The Kier molecular flexibility index (Phi) is 8.02. The van der Waals surface area contributed by atoms with E-state index in [1.165, 1.54) is 6.42 Å². The van der Waals surface area contributed by atoms with Crippen molar-refractivity contribution >= 4 is 29.5 Å². The van der Waals surface area contributed by atoms with Gasteiger partial charge in [0.1, 0.15) is 0 Å². The van der Waals surface area contributed by atoms with Crippen molar-refractivity contribution in [2.45, 2.75) is 39.0 Å². The maximum Gasteiger partial charge on any atom is 0.246 e. The predicted octanol–water partition coefficient (Wildman–Crippen LogP) is 4.01. The Balaban J connectivity index is 1.56. The van der Waals surface area contributed by atoms with Gasteiger partial charge in [-0.05, 0) is 62.8 Å². The van der Waals surface area contributed by atoms with Gasteiger partial charge in [0.15, 0.2) is 11.5 Å². The van der Waals surface area contributed by atoms with Crippen molar-refractivity contribution in [3.05, 3.63) is 28.8 Å². The van der Waals surface area contributed by atoms with E-state index in [1.54, 1.807) is 31.4 Å². The highest BCUT2D eigenvalue weighted by Gasteiger charge is 2.30. The second-order valence-corrected chi connectivity index (χ2v) is 8.19. The minimum absolute atomic E-state index is 0.0466. The van der Waals surface area contributed by atoms with Crippen LogP contribution in [0.3, 0.4) is 0 Å². The number of likely N-dealkylation sites (tertiary alicyclic amines) is 2. The van der Waals surface area contributed by atoms with Gasteiger partial charge in [-0.25, -0.2) is 0 Å². The van der Waals surface area contributed by atoms with Crippen molar-refractivity contribution in [1.29, 1.82) is 0 Å². The van der Waals surface area contributed by atoms with Gasteiger partial charge in [-0.1, -0.05) is 11.6 Å². The Labute approximate surface area is 183 Å². The van der Waals surface area contributed by atoms with Gasteiger partial charge < -0.3 is 19.3 Å². The lowest BCUT2D eigenvalue weighted by atomic mass is 9.94. The van der Waals surface area contributed by atoms with E-state index in [1.807, 2.05) is 16.7 Å². The highest BCUT2D eigenvalue weighted by Crippen LogP contribution is 2.36. The fourth-order valence-corrected chi connectivity index (χ4v) is 4.39. The van der Waals surface area contributed by atoms with Crippen LogP contribution in [0.4, 0.5) is 0 Å². The molecule has 6 nitrogen and oxygen atoms in total. The molecule has 0 aromatic heterocycles. The zero-order valence-corrected chi connectivity index (χ0v) is 18.6. The van der Waals surface area contributed by atoms with Crippen molar-refractivity contribution in [2.24, 2.45) is 5.92 Å². The molecular formula is C23H31ClN2O4. The Bertz CT molecular complexity index is 782. The Morgan fingerprint density at radius 1 is 1.10 bits per heavy atom. The number of halogens is 1. The van der Waals surface area contributed by atoms with Crippen molar-refractivity contribution in [3.8, 4) is 11.5 Å². The average Bonchev–Trinajstić information content (AvgIpc) is 2.79. The molecule has 2 fully saturated rings. The van der Waals surface area contributed by atoms with Gasteiger partial charge in [0, 0.05) is 38.2 Å². The van der Waals surface area contributed by atoms with Gasteiger partial charge in [-0.3, -0.25) is 9.59 Å². The quantitative estimate of drug-likeness (QED) is 0.634. The number of methoxy groups -OCH3 is 1. The molecular weight excluding hydrogens is 404 g/mol. The van der Waals surface area contributed by atoms with Crippen LogP contribution < -0.4 is 9.47 Å². The molecule has 3 rings (SSSR count). The van der Waals surface area contributed by atoms with Crippen LogP contribution in [0.25, 0.3) is 6.08 Å². The van der Waals surface area contributed by atoms with Gasteiger partial charge in [0.25, 0.3) is 0 Å². The number of ether oxygens (including phenoxy) is 2. The van der Waals surface area contributed by atoms with Crippen molar-refractivity contribution in [2.75, 3.05) is 39.9 Å². The predicted molar refractivity (Wildman–Crippen MR) is 118 cm³/mol. The molecule has 0 radical (unpaired) electrons. The lowest BCUT2D eigenvalue weighted by Crippen LogP contribution is -2.45. The van der Waals surface area contributed by atoms with Crippen LogP contribution in [0, 0.1) is 5.92 Å². The summed E-state index contributed by atoms with van der Waals surface area (Å²) in [4.78, 5) is 29.1. The molecule has 2 heterocycles. The van der Waals surface area contributed by atoms with Crippen LogP contribution in [0.1, 0.15) is 44.6 Å². The number of hydrogen-bond donors (Lipinski definition) is 0. The van der Waals surface area contributed by atoms with Crippen LogP contribution in [0.2, 0.25) is 5.02 Å². The maximum absolute atomic E-state index is 12.7. The lowest BCUT2D eigenvalue weighted by Gasteiger charge is -2.35. The highest BCUT2D eigenvalue weighted by atomic mass is 35.5. The van der Waals surface area contributed by atoms with E-state index in [0.717, 1.165) is 44.3 Å². The van der Waals surface area contributed by atoms with Gasteiger partial charge in [0.05, 0.1) is 18.7 Å². The molecule has 2 amide bonds. The van der Waals surface area contributed by atoms with Crippen LogP contribution in [0.15, 0.2) is 18.2 Å². The third-order valence-electron chi connectivity index (χ3n) is 5.78. The largest absolute Gasteiger partial charge is 0.493 e. The summed E-state index contributed by atoms with van der Waals surface area (Å²) < 4.78 is 10.9. The molecule has 0 unspecified atom stereocenters. The van der Waals surface area contributed by atoms with Crippen LogP contribution >= 0.6 is 11.6 Å². The second-order valence-electron chi connectivity index (χ2n) is 7.79. The minimum Gasteiger partial charge on any atom is -0.493 e. The number of amides is 2. The van der Waals surface area contributed by atoms with Crippen LogP contribution in [-0.2, 0) is 9.59 Å². The molecule has 1 aromatic rings. The number of carbonyl (C=O) groups is 2. The molecule has 0 saturated carbocycles. The Morgan fingerprint density at radius 3 is 2.43 bits per heavy atom. The first-order valence-corrected chi connectivity index (χ1v) is 11.2.